The Bertz CT molecular complexity index is 436. The molecule has 0 amide bonds. The smallest absolute Gasteiger partial charge is 0.371 e. The number of hydrogen-bond acceptors (Lipinski definition) is 4. The van der Waals surface area contributed by atoms with Gasteiger partial charge in [0, 0.05) is 19.7 Å². The maximum atomic E-state index is 11.3. The molecule has 0 saturated heterocycles. The summed E-state index contributed by atoms with van der Waals surface area (Å²) in [5.74, 6) is 0.175. The first-order valence-corrected chi connectivity index (χ1v) is 5.49. The number of aldehydes is 1. The van der Waals surface area contributed by atoms with Crippen molar-refractivity contribution < 1.29 is 17.4 Å². The zero-order chi connectivity index (χ0) is 11.5. The number of hydrogen-bond donors (Lipinski definition) is 0. The van der Waals surface area contributed by atoms with Crippen LogP contribution in [0.15, 0.2) is 24.3 Å². The van der Waals surface area contributed by atoms with Crippen molar-refractivity contribution in [3.8, 4) is 5.75 Å². The fourth-order valence-corrected chi connectivity index (χ4v) is 1.30. The molecule has 0 atom stereocenters. The first-order chi connectivity index (χ1) is 6.95. The normalized spacial score (nSPS) is 11.4. The maximum Gasteiger partial charge on any atom is 0.384 e. The van der Waals surface area contributed by atoms with E-state index in [0.717, 1.165) is 4.31 Å². The number of benzene rings is 1. The average molecular weight is 229 g/mol. The van der Waals surface area contributed by atoms with E-state index in [0.29, 0.717) is 11.8 Å². The molecule has 0 aliphatic heterocycles. The SMILES string of the molecule is CN(C)S(=O)(=O)Oc1ccc(C=O)cc1. The van der Waals surface area contributed by atoms with Gasteiger partial charge in [-0.15, -0.1) is 0 Å². The van der Waals surface area contributed by atoms with Crippen LogP contribution in [-0.2, 0) is 10.3 Å². The molecule has 5 nitrogen and oxygen atoms in total. The zero-order valence-corrected chi connectivity index (χ0v) is 9.19. The van der Waals surface area contributed by atoms with Crippen molar-refractivity contribution in [2.75, 3.05) is 14.1 Å². The summed E-state index contributed by atoms with van der Waals surface area (Å²) in [6, 6.07) is 5.80. The molecule has 1 rings (SSSR count). The van der Waals surface area contributed by atoms with Gasteiger partial charge in [0.15, 0.2) is 0 Å². The lowest BCUT2D eigenvalue weighted by Crippen LogP contribution is -2.26. The van der Waals surface area contributed by atoms with Crippen molar-refractivity contribution >= 4 is 16.6 Å². The van der Waals surface area contributed by atoms with E-state index < -0.39 is 10.3 Å². The predicted molar refractivity (Wildman–Crippen MR) is 55.1 cm³/mol. The minimum absolute atomic E-state index is 0.175. The molecule has 1 aromatic rings. The van der Waals surface area contributed by atoms with Gasteiger partial charge in [-0.2, -0.15) is 12.7 Å². The molecule has 0 spiro atoms. The van der Waals surface area contributed by atoms with Crippen LogP contribution in [0.3, 0.4) is 0 Å². The summed E-state index contributed by atoms with van der Waals surface area (Å²) in [7, 11) is -0.985. The Morgan fingerprint density at radius 3 is 2.13 bits per heavy atom. The Morgan fingerprint density at radius 1 is 1.20 bits per heavy atom. The van der Waals surface area contributed by atoms with Crippen molar-refractivity contribution in [1.82, 2.24) is 4.31 Å². The van der Waals surface area contributed by atoms with Gasteiger partial charge in [-0.1, -0.05) is 0 Å². The van der Waals surface area contributed by atoms with Gasteiger partial charge in [0.2, 0.25) is 0 Å². The maximum absolute atomic E-state index is 11.3. The van der Waals surface area contributed by atoms with Crippen LogP contribution in [0.5, 0.6) is 5.75 Å². The molecule has 0 heterocycles. The van der Waals surface area contributed by atoms with Crippen molar-refractivity contribution in [3.63, 3.8) is 0 Å². The molecule has 0 saturated carbocycles. The molecule has 0 unspecified atom stereocenters. The molecule has 15 heavy (non-hydrogen) atoms. The topological polar surface area (TPSA) is 63.7 Å². The van der Waals surface area contributed by atoms with Crippen LogP contribution in [0.2, 0.25) is 0 Å². The lowest BCUT2D eigenvalue weighted by Gasteiger charge is -2.11. The van der Waals surface area contributed by atoms with Crippen molar-refractivity contribution in [2.45, 2.75) is 0 Å². The van der Waals surface area contributed by atoms with Gasteiger partial charge >= 0.3 is 10.3 Å². The molecule has 0 aliphatic rings. The highest BCUT2D eigenvalue weighted by Crippen LogP contribution is 2.14. The number of carbonyl (C=O) groups is 1. The van der Waals surface area contributed by atoms with Gasteiger partial charge in [-0.05, 0) is 24.3 Å². The van der Waals surface area contributed by atoms with E-state index in [-0.39, 0.29) is 5.75 Å². The standard InChI is InChI=1S/C9H11NO4S/c1-10(2)15(12,13)14-9-5-3-8(7-11)4-6-9/h3-7H,1-2H3. The fraction of sp³-hybridized carbons (Fsp3) is 0.222. The Labute approximate surface area is 88.5 Å². The summed E-state index contributed by atoms with van der Waals surface area (Å²) in [6.07, 6.45) is 0.671. The van der Waals surface area contributed by atoms with Crippen LogP contribution in [0.1, 0.15) is 10.4 Å². The lowest BCUT2D eigenvalue weighted by molar-refractivity contribution is 0.112. The van der Waals surface area contributed by atoms with Gasteiger partial charge in [0.1, 0.15) is 12.0 Å². The van der Waals surface area contributed by atoms with Gasteiger partial charge in [0.25, 0.3) is 0 Å². The van der Waals surface area contributed by atoms with Gasteiger partial charge in [-0.3, -0.25) is 4.79 Å². The molecular weight excluding hydrogens is 218 g/mol. The van der Waals surface area contributed by atoms with E-state index in [1.54, 1.807) is 0 Å². The molecule has 0 radical (unpaired) electrons. The second-order valence-electron chi connectivity index (χ2n) is 3.01. The largest absolute Gasteiger partial charge is 0.384 e. The van der Waals surface area contributed by atoms with Crippen LogP contribution >= 0.6 is 0 Å². The van der Waals surface area contributed by atoms with E-state index >= 15 is 0 Å². The van der Waals surface area contributed by atoms with Gasteiger partial charge in [-0.25, -0.2) is 0 Å². The molecular formula is C9H11NO4S. The van der Waals surface area contributed by atoms with Crippen LogP contribution in [0.25, 0.3) is 0 Å². The molecule has 1 aromatic carbocycles. The molecule has 6 heteroatoms. The Balaban J connectivity index is 2.87. The van der Waals surface area contributed by atoms with E-state index in [9.17, 15) is 13.2 Å². The molecule has 0 bridgehead atoms. The predicted octanol–water partition coefficient (Wildman–Crippen LogP) is 0.684. The van der Waals surface area contributed by atoms with Crippen molar-refractivity contribution in [1.29, 1.82) is 0 Å². The summed E-state index contributed by atoms with van der Waals surface area (Å²) < 4.78 is 28.3. The van der Waals surface area contributed by atoms with E-state index in [1.807, 2.05) is 0 Å². The molecule has 0 aliphatic carbocycles. The van der Waals surface area contributed by atoms with Crippen molar-refractivity contribution in [3.05, 3.63) is 29.8 Å². The average Bonchev–Trinajstić information content (AvgIpc) is 2.18. The third-order valence-corrected chi connectivity index (χ3v) is 2.96. The third kappa shape index (κ3) is 3.03. The second-order valence-corrected chi connectivity index (χ2v) is 4.76. The Hall–Kier alpha value is -1.40. The van der Waals surface area contributed by atoms with Crippen LogP contribution in [0, 0.1) is 0 Å². The summed E-state index contributed by atoms with van der Waals surface area (Å²) in [5.41, 5.74) is 0.463. The first kappa shape index (κ1) is 11.7. The lowest BCUT2D eigenvalue weighted by atomic mass is 10.2. The van der Waals surface area contributed by atoms with Crippen LogP contribution < -0.4 is 4.18 Å². The minimum Gasteiger partial charge on any atom is -0.371 e. The zero-order valence-electron chi connectivity index (χ0n) is 8.38. The van der Waals surface area contributed by atoms with E-state index in [4.69, 9.17) is 4.18 Å². The fourth-order valence-electron chi connectivity index (χ4n) is 0.798. The second kappa shape index (κ2) is 4.41. The quantitative estimate of drug-likeness (QED) is 0.712. The summed E-state index contributed by atoms with van der Waals surface area (Å²) >= 11 is 0. The monoisotopic (exact) mass is 229 g/mol. The Morgan fingerprint density at radius 2 is 1.73 bits per heavy atom. The van der Waals surface area contributed by atoms with E-state index in [2.05, 4.69) is 0 Å². The van der Waals surface area contributed by atoms with Crippen LogP contribution in [0.4, 0.5) is 0 Å². The molecule has 0 aromatic heterocycles. The van der Waals surface area contributed by atoms with Gasteiger partial charge < -0.3 is 4.18 Å². The summed E-state index contributed by atoms with van der Waals surface area (Å²) in [5, 5.41) is 0. The Kier molecular flexibility index (Phi) is 3.43. The molecule has 82 valence electrons. The summed E-state index contributed by atoms with van der Waals surface area (Å²) in [4.78, 5) is 10.3. The molecule has 0 N–H and O–H groups in total. The van der Waals surface area contributed by atoms with Gasteiger partial charge in [0.05, 0.1) is 0 Å². The molecule has 0 fully saturated rings. The summed E-state index contributed by atoms with van der Waals surface area (Å²) in [6.45, 7) is 0. The number of rotatable bonds is 4. The minimum atomic E-state index is -3.73. The first-order valence-electron chi connectivity index (χ1n) is 4.13. The van der Waals surface area contributed by atoms with Crippen LogP contribution in [-0.4, -0.2) is 33.1 Å². The number of nitrogens with zero attached hydrogens (tertiary/aromatic N) is 1. The van der Waals surface area contributed by atoms with Crippen molar-refractivity contribution in [2.24, 2.45) is 0 Å². The highest BCUT2D eigenvalue weighted by atomic mass is 32.2. The highest BCUT2D eigenvalue weighted by molar-refractivity contribution is 7.84. The highest BCUT2D eigenvalue weighted by Gasteiger charge is 2.15. The number of carbonyl (C=O) groups excluding carboxylic acids is 1. The third-order valence-electron chi connectivity index (χ3n) is 1.66. The van der Waals surface area contributed by atoms with E-state index in [1.165, 1.54) is 38.4 Å².